The molecule has 1 aliphatic heterocycles. The molecular weight excluding hydrogens is 232 g/mol. The molecule has 0 radical (unpaired) electrons. The highest BCUT2D eigenvalue weighted by Crippen LogP contribution is 2.27. The molecular formula is C13H14N2OS. The summed E-state index contributed by atoms with van der Waals surface area (Å²) in [5, 5.41) is 1.25. The van der Waals surface area contributed by atoms with Crippen molar-refractivity contribution in [3.05, 3.63) is 35.2 Å². The molecule has 3 rings (SSSR count). The van der Waals surface area contributed by atoms with Crippen molar-refractivity contribution in [3.8, 4) is 0 Å². The van der Waals surface area contributed by atoms with Crippen molar-refractivity contribution in [2.24, 2.45) is 5.73 Å². The van der Waals surface area contributed by atoms with Crippen LogP contribution < -0.4 is 5.73 Å². The highest BCUT2D eigenvalue weighted by molar-refractivity contribution is 7.19. The fourth-order valence-corrected chi connectivity index (χ4v) is 3.34. The van der Waals surface area contributed by atoms with Crippen LogP contribution in [0.3, 0.4) is 0 Å². The van der Waals surface area contributed by atoms with Crippen LogP contribution in [0.4, 0.5) is 0 Å². The summed E-state index contributed by atoms with van der Waals surface area (Å²) in [6.07, 6.45) is 0.491. The first-order valence-corrected chi connectivity index (χ1v) is 6.55. The second kappa shape index (κ2) is 4.13. The molecule has 1 atom stereocenters. The van der Waals surface area contributed by atoms with E-state index in [2.05, 4.69) is 18.2 Å². The minimum atomic E-state index is 0.0110. The number of carbonyl (C=O) groups is 1. The summed E-state index contributed by atoms with van der Waals surface area (Å²) in [6.45, 7) is 1.39. The number of hydrogen-bond acceptors (Lipinski definition) is 3. The number of hydrogen-bond donors (Lipinski definition) is 1. The van der Waals surface area contributed by atoms with Crippen molar-refractivity contribution < 1.29 is 4.79 Å². The van der Waals surface area contributed by atoms with Gasteiger partial charge in [0.1, 0.15) is 0 Å². The predicted molar refractivity (Wildman–Crippen MR) is 69.8 cm³/mol. The van der Waals surface area contributed by atoms with Crippen molar-refractivity contribution in [2.75, 3.05) is 6.54 Å². The molecule has 1 amide bonds. The molecule has 2 aromatic rings. The standard InChI is InChI=1S/C13H14N2OS/c14-10-6-13(16)15(7-10)8-11-5-9-3-1-2-4-12(9)17-11/h1-5,10H,6-8,14H2. The van der Waals surface area contributed by atoms with E-state index >= 15 is 0 Å². The van der Waals surface area contributed by atoms with Crippen LogP contribution in [0.1, 0.15) is 11.3 Å². The summed E-state index contributed by atoms with van der Waals surface area (Å²) in [5.41, 5.74) is 5.79. The average molecular weight is 246 g/mol. The van der Waals surface area contributed by atoms with Gasteiger partial charge in [-0.25, -0.2) is 0 Å². The van der Waals surface area contributed by atoms with Gasteiger partial charge in [0.05, 0.1) is 6.54 Å². The molecule has 1 unspecified atom stereocenters. The highest BCUT2D eigenvalue weighted by Gasteiger charge is 2.26. The third kappa shape index (κ3) is 2.06. The molecule has 2 N–H and O–H groups in total. The summed E-state index contributed by atoms with van der Waals surface area (Å²) >= 11 is 1.75. The third-order valence-corrected chi connectivity index (χ3v) is 4.17. The molecule has 1 aliphatic rings. The van der Waals surface area contributed by atoms with Gasteiger partial charge in [-0.05, 0) is 17.5 Å². The topological polar surface area (TPSA) is 46.3 Å². The molecule has 1 aromatic heterocycles. The molecule has 1 aromatic carbocycles. The highest BCUT2D eigenvalue weighted by atomic mass is 32.1. The van der Waals surface area contributed by atoms with Crippen molar-refractivity contribution in [1.82, 2.24) is 4.90 Å². The Balaban J connectivity index is 1.83. The molecule has 2 heterocycles. The Bertz CT molecular complexity index is 530. The average Bonchev–Trinajstić information content (AvgIpc) is 2.82. The van der Waals surface area contributed by atoms with Crippen molar-refractivity contribution in [1.29, 1.82) is 0 Å². The zero-order valence-corrected chi connectivity index (χ0v) is 10.2. The van der Waals surface area contributed by atoms with Gasteiger partial charge in [0, 0.05) is 28.6 Å². The monoisotopic (exact) mass is 246 g/mol. The van der Waals surface area contributed by atoms with Gasteiger partial charge in [-0.15, -0.1) is 11.3 Å². The van der Waals surface area contributed by atoms with Crippen LogP contribution in [-0.2, 0) is 11.3 Å². The Morgan fingerprint density at radius 1 is 1.41 bits per heavy atom. The molecule has 1 saturated heterocycles. The Morgan fingerprint density at radius 3 is 2.94 bits per heavy atom. The fraction of sp³-hybridized carbons (Fsp3) is 0.308. The maximum absolute atomic E-state index is 11.7. The van der Waals surface area contributed by atoms with Gasteiger partial charge in [-0.3, -0.25) is 4.79 Å². The smallest absolute Gasteiger partial charge is 0.224 e. The number of benzene rings is 1. The largest absolute Gasteiger partial charge is 0.336 e. The van der Waals surface area contributed by atoms with E-state index in [1.165, 1.54) is 15.0 Å². The number of fused-ring (bicyclic) bond motifs is 1. The summed E-state index contributed by atoms with van der Waals surface area (Å²) in [7, 11) is 0. The molecule has 17 heavy (non-hydrogen) atoms. The number of thiophene rings is 1. The summed E-state index contributed by atoms with van der Waals surface area (Å²) in [5.74, 6) is 0.176. The maximum atomic E-state index is 11.7. The van der Waals surface area contributed by atoms with Crippen LogP contribution in [-0.4, -0.2) is 23.4 Å². The molecule has 0 saturated carbocycles. The third-order valence-electron chi connectivity index (χ3n) is 3.07. The first-order valence-electron chi connectivity index (χ1n) is 5.73. The second-order valence-corrected chi connectivity index (χ2v) is 5.66. The Hall–Kier alpha value is -1.39. The normalized spacial score (nSPS) is 20.4. The Kier molecular flexibility index (Phi) is 2.61. The predicted octanol–water partition coefficient (Wildman–Crippen LogP) is 1.96. The van der Waals surface area contributed by atoms with Gasteiger partial charge >= 0.3 is 0 Å². The van der Waals surface area contributed by atoms with Gasteiger partial charge in [-0.2, -0.15) is 0 Å². The number of carbonyl (C=O) groups excluding carboxylic acids is 1. The van der Waals surface area contributed by atoms with Crippen LogP contribution >= 0.6 is 11.3 Å². The van der Waals surface area contributed by atoms with E-state index in [-0.39, 0.29) is 11.9 Å². The van der Waals surface area contributed by atoms with Crippen molar-refractivity contribution in [2.45, 2.75) is 19.0 Å². The summed E-state index contributed by atoms with van der Waals surface area (Å²) in [4.78, 5) is 14.7. The van der Waals surface area contributed by atoms with Gasteiger partial charge in [-0.1, -0.05) is 18.2 Å². The minimum Gasteiger partial charge on any atom is -0.336 e. The molecule has 88 valence electrons. The lowest BCUT2D eigenvalue weighted by atomic mass is 10.2. The van der Waals surface area contributed by atoms with E-state index in [0.29, 0.717) is 19.5 Å². The van der Waals surface area contributed by atoms with E-state index < -0.39 is 0 Å². The Morgan fingerprint density at radius 2 is 2.24 bits per heavy atom. The number of rotatable bonds is 2. The molecule has 1 fully saturated rings. The van der Waals surface area contributed by atoms with Gasteiger partial charge < -0.3 is 10.6 Å². The molecule has 4 heteroatoms. The van der Waals surface area contributed by atoms with Crippen molar-refractivity contribution in [3.63, 3.8) is 0 Å². The van der Waals surface area contributed by atoms with E-state index in [0.717, 1.165) is 0 Å². The number of nitrogens with zero attached hydrogens (tertiary/aromatic N) is 1. The van der Waals surface area contributed by atoms with Gasteiger partial charge in [0.2, 0.25) is 5.91 Å². The van der Waals surface area contributed by atoms with Crippen LogP contribution in [0.25, 0.3) is 10.1 Å². The van der Waals surface area contributed by atoms with E-state index in [1.807, 2.05) is 17.0 Å². The minimum absolute atomic E-state index is 0.0110. The number of amides is 1. The SMILES string of the molecule is NC1CC(=O)N(Cc2cc3ccccc3s2)C1. The van der Waals surface area contributed by atoms with E-state index in [9.17, 15) is 4.79 Å². The second-order valence-electron chi connectivity index (χ2n) is 4.49. The maximum Gasteiger partial charge on any atom is 0.224 e. The first-order chi connectivity index (χ1) is 8.22. The lowest BCUT2D eigenvalue weighted by Gasteiger charge is -2.14. The molecule has 0 spiro atoms. The molecule has 0 bridgehead atoms. The quantitative estimate of drug-likeness (QED) is 0.880. The van der Waals surface area contributed by atoms with Crippen LogP contribution in [0.2, 0.25) is 0 Å². The summed E-state index contributed by atoms with van der Waals surface area (Å²) in [6, 6.07) is 10.5. The Labute approximate surface area is 104 Å². The zero-order chi connectivity index (χ0) is 11.8. The van der Waals surface area contributed by atoms with E-state index in [4.69, 9.17) is 5.73 Å². The first kappa shape index (κ1) is 10.7. The van der Waals surface area contributed by atoms with Crippen LogP contribution in [0, 0.1) is 0 Å². The number of likely N-dealkylation sites (tertiary alicyclic amines) is 1. The van der Waals surface area contributed by atoms with Gasteiger partial charge in [0.15, 0.2) is 0 Å². The molecule has 3 nitrogen and oxygen atoms in total. The molecule has 0 aliphatic carbocycles. The van der Waals surface area contributed by atoms with Gasteiger partial charge in [0.25, 0.3) is 0 Å². The lowest BCUT2D eigenvalue weighted by Crippen LogP contribution is -2.27. The number of nitrogens with two attached hydrogens (primary N) is 1. The van der Waals surface area contributed by atoms with Crippen molar-refractivity contribution >= 4 is 27.3 Å². The van der Waals surface area contributed by atoms with Crippen LogP contribution in [0.5, 0.6) is 0 Å². The lowest BCUT2D eigenvalue weighted by molar-refractivity contribution is -0.128. The van der Waals surface area contributed by atoms with Crippen LogP contribution in [0.15, 0.2) is 30.3 Å². The zero-order valence-electron chi connectivity index (χ0n) is 9.43. The summed E-state index contributed by atoms with van der Waals surface area (Å²) < 4.78 is 1.28. The fourth-order valence-electron chi connectivity index (χ4n) is 2.26. The van der Waals surface area contributed by atoms with E-state index in [1.54, 1.807) is 11.3 Å².